The van der Waals surface area contributed by atoms with Crippen LogP contribution < -0.4 is 0 Å². The van der Waals surface area contributed by atoms with Crippen molar-refractivity contribution < 1.29 is 14.6 Å². The Hall–Kier alpha value is -0.830. The number of hydrogen-bond donors (Lipinski definition) is 1. The van der Waals surface area contributed by atoms with Gasteiger partial charge in [-0.3, -0.25) is 0 Å². The van der Waals surface area contributed by atoms with E-state index in [1.54, 1.807) is 13.0 Å². The number of carbonyl (C=O) groups excluding carboxylic acids is 1. The molecule has 0 aromatic rings. The van der Waals surface area contributed by atoms with Crippen molar-refractivity contribution in [3.05, 3.63) is 12.2 Å². The van der Waals surface area contributed by atoms with Gasteiger partial charge < -0.3 is 9.84 Å². The average molecular weight is 214 g/mol. The molecule has 0 bridgehead atoms. The van der Waals surface area contributed by atoms with Gasteiger partial charge in [0.2, 0.25) is 0 Å². The van der Waals surface area contributed by atoms with E-state index in [0.717, 1.165) is 25.7 Å². The van der Waals surface area contributed by atoms with Gasteiger partial charge in [-0.2, -0.15) is 0 Å². The zero-order valence-corrected chi connectivity index (χ0v) is 9.74. The molecule has 0 radical (unpaired) electrons. The van der Waals surface area contributed by atoms with Crippen molar-refractivity contribution in [2.24, 2.45) is 0 Å². The second-order valence-corrected chi connectivity index (χ2v) is 3.54. The summed E-state index contributed by atoms with van der Waals surface area (Å²) in [6.07, 6.45) is 7.42. The van der Waals surface area contributed by atoms with Gasteiger partial charge in [0.25, 0.3) is 0 Å². The third-order valence-electron chi connectivity index (χ3n) is 2.09. The molecule has 0 aliphatic rings. The highest BCUT2D eigenvalue weighted by Gasteiger charge is 2.01. The van der Waals surface area contributed by atoms with Gasteiger partial charge in [-0.25, -0.2) is 4.79 Å². The quantitative estimate of drug-likeness (QED) is 0.383. The summed E-state index contributed by atoms with van der Waals surface area (Å²) < 4.78 is 4.71. The lowest BCUT2D eigenvalue weighted by Crippen LogP contribution is -2.05. The number of rotatable bonds is 8. The predicted molar refractivity (Wildman–Crippen MR) is 60.5 cm³/mol. The van der Waals surface area contributed by atoms with E-state index in [-0.39, 0.29) is 12.1 Å². The average Bonchev–Trinajstić information content (AvgIpc) is 2.18. The van der Waals surface area contributed by atoms with Crippen molar-refractivity contribution in [2.75, 3.05) is 6.61 Å². The molecule has 0 fully saturated rings. The topological polar surface area (TPSA) is 46.5 Å². The lowest BCUT2D eigenvalue weighted by Gasteiger charge is -2.06. The van der Waals surface area contributed by atoms with Crippen molar-refractivity contribution in [1.29, 1.82) is 0 Å². The summed E-state index contributed by atoms with van der Waals surface area (Å²) in [4.78, 5) is 10.9. The largest absolute Gasteiger partial charge is 0.463 e. The molecule has 1 atom stereocenters. The Bertz CT molecular complexity index is 187. The lowest BCUT2D eigenvalue weighted by molar-refractivity contribution is -0.137. The van der Waals surface area contributed by atoms with Crippen LogP contribution in [-0.4, -0.2) is 23.8 Å². The maximum absolute atomic E-state index is 10.9. The summed E-state index contributed by atoms with van der Waals surface area (Å²) >= 11 is 0. The SMILES string of the molecule is CCCCCC(O)C/C=C\C(=O)OCC. The van der Waals surface area contributed by atoms with Crippen LogP contribution in [0.1, 0.15) is 46.0 Å². The van der Waals surface area contributed by atoms with E-state index in [9.17, 15) is 9.90 Å². The molecule has 1 N–H and O–H groups in total. The molecule has 0 aromatic carbocycles. The Kier molecular flexibility index (Phi) is 9.18. The third kappa shape index (κ3) is 9.47. The van der Waals surface area contributed by atoms with Crippen molar-refractivity contribution >= 4 is 5.97 Å². The monoisotopic (exact) mass is 214 g/mol. The third-order valence-corrected chi connectivity index (χ3v) is 2.09. The van der Waals surface area contributed by atoms with Gasteiger partial charge in [-0.15, -0.1) is 0 Å². The minimum Gasteiger partial charge on any atom is -0.463 e. The molecule has 0 heterocycles. The summed E-state index contributed by atoms with van der Waals surface area (Å²) in [6, 6.07) is 0. The zero-order valence-electron chi connectivity index (χ0n) is 9.74. The highest BCUT2D eigenvalue weighted by atomic mass is 16.5. The first-order valence-electron chi connectivity index (χ1n) is 5.72. The van der Waals surface area contributed by atoms with E-state index in [1.807, 2.05) is 0 Å². The summed E-state index contributed by atoms with van der Waals surface area (Å²) in [6.45, 7) is 4.29. The van der Waals surface area contributed by atoms with E-state index in [2.05, 4.69) is 6.92 Å². The van der Waals surface area contributed by atoms with Crippen LogP contribution in [0.4, 0.5) is 0 Å². The fraction of sp³-hybridized carbons (Fsp3) is 0.750. The molecule has 15 heavy (non-hydrogen) atoms. The standard InChI is InChI=1S/C12H22O3/c1-3-5-6-8-11(13)9-7-10-12(14)15-4-2/h7,10-11,13H,3-6,8-9H2,1-2H3/b10-7-. The van der Waals surface area contributed by atoms with E-state index >= 15 is 0 Å². The fourth-order valence-corrected chi connectivity index (χ4v) is 1.26. The molecule has 0 aromatic heterocycles. The summed E-state index contributed by atoms with van der Waals surface area (Å²) in [7, 11) is 0. The molecule has 0 spiro atoms. The molecule has 3 nitrogen and oxygen atoms in total. The maximum atomic E-state index is 10.9. The first-order valence-corrected chi connectivity index (χ1v) is 5.72. The van der Waals surface area contributed by atoms with E-state index < -0.39 is 0 Å². The Labute approximate surface area is 92.1 Å². The van der Waals surface area contributed by atoms with Crippen LogP contribution in [-0.2, 0) is 9.53 Å². The van der Waals surface area contributed by atoms with Crippen molar-refractivity contribution in [3.8, 4) is 0 Å². The Balaban J connectivity index is 3.51. The predicted octanol–water partition coefficient (Wildman–Crippen LogP) is 2.44. The van der Waals surface area contributed by atoms with Gasteiger partial charge in [0.05, 0.1) is 12.7 Å². The van der Waals surface area contributed by atoms with Gasteiger partial charge in [-0.1, -0.05) is 32.3 Å². The number of carbonyl (C=O) groups is 1. The molecular formula is C12H22O3. The van der Waals surface area contributed by atoms with Crippen LogP contribution in [0.2, 0.25) is 0 Å². The van der Waals surface area contributed by atoms with E-state index in [0.29, 0.717) is 13.0 Å². The minimum atomic E-state index is -0.335. The molecule has 88 valence electrons. The maximum Gasteiger partial charge on any atom is 0.330 e. The number of unbranched alkanes of at least 4 members (excludes halogenated alkanes) is 2. The molecule has 0 aliphatic heterocycles. The normalized spacial score (nSPS) is 13.0. The summed E-state index contributed by atoms with van der Waals surface area (Å²) in [5.74, 6) is -0.335. The Morgan fingerprint density at radius 1 is 1.40 bits per heavy atom. The number of ether oxygens (including phenoxy) is 1. The molecule has 0 rings (SSSR count). The highest BCUT2D eigenvalue weighted by molar-refractivity contribution is 5.81. The minimum absolute atomic E-state index is 0.331. The van der Waals surface area contributed by atoms with Crippen LogP contribution in [0.5, 0.6) is 0 Å². The Morgan fingerprint density at radius 3 is 2.73 bits per heavy atom. The van der Waals surface area contributed by atoms with Crippen LogP contribution in [0.3, 0.4) is 0 Å². The Morgan fingerprint density at radius 2 is 2.13 bits per heavy atom. The summed E-state index contributed by atoms with van der Waals surface area (Å²) in [5.41, 5.74) is 0. The number of esters is 1. The smallest absolute Gasteiger partial charge is 0.330 e. The second-order valence-electron chi connectivity index (χ2n) is 3.54. The van der Waals surface area contributed by atoms with Crippen LogP contribution in [0.25, 0.3) is 0 Å². The molecule has 0 saturated carbocycles. The molecule has 1 unspecified atom stereocenters. The molecule has 0 aliphatic carbocycles. The molecule has 0 amide bonds. The van der Waals surface area contributed by atoms with E-state index in [1.165, 1.54) is 6.08 Å². The van der Waals surface area contributed by atoms with Crippen molar-refractivity contribution in [1.82, 2.24) is 0 Å². The van der Waals surface area contributed by atoms with Gasteiger partial charge >= 0.3 is 5.97 Å². The molecule has 0 saturated heterocycles. The van der Waals surface area contributed by atoms with Gasteiger partial charge in [0.1, 0.15) is 0 Å². The zero-order chi connectivity index (χ0) is 11.5. The van der Waals surface area contributed by atoms with Crippen LogP contribution >= 0.6 is 0 Å². The van der Waals surface area contributed by atoms with Crippen molar-refractivity contribution in [2.45, 2.75) is 52.1 Å². The number of aliphatic hydroxyl groups excluding tert-OH is 1. The lowest BCUT2D eigenvalue weighted by atomic mass is 10.1. The number of hydrogen-bond acceptors (Lipinski definition) is 3. The van der Waals surface area contributed by atoms with E-state index in [4.69, 9.17) is 4.74 Å². The van der Waals surface area contributed by atoms with Gasteiger partial charge in [-0.05, 0) is 19.8 Å². The first kappa shape index (κ1) is 14.2. The van der Waals surface area contributed by atoms with Crippen LogP contribution in [0.15, 0.2) is 12.2 Å². The fourth-order valence-electron chi connectivity index (χ4n) is 1.26. The highest BCUT2D eigenvalue weighted by Crippen LogP contribution is 2.06. The summed E-state index contributed by atoms with van der Waals surface area (Å²) in [5, 5.41) is 9.52. The molecule has 3 heteroatoms. The van der Waals surface area contributed by atoms with Crippen molar-refractivity contribution in [3.63, 3.8) is 0 Å². The van der Waals surface area contributed by atoms with Gasteiger partial charge in [0.15, 0.2) is 0 Å². The number of aliphatic hydroxyl groups is 1. The van der Waals surface area contributed by atoms with Gasteiger partial charge in [0, 0.05) is 6.08 Å². The second kappa shape index (κ2) is 9.71. The molecular weight excluding hydrogens is 192 g/mol. The van der Waals surface area contributed by atoms with Crippen LogP contribution in [0, 0.1) is 0 Å². The first-order chi connectivity index (χ1) is 7.20.